The van der Waals surface area contributed by atoms with Gasteiger partial charge in [0.05, 0.1) is 41.1 Å². The molecule has 2 aromatic heterocycles. The van der Waals surface area contributed by atoms with Crippen LogP contribution in [0.1, 0.15) is 12.8 Å². The van der Waals surface area contributed by atoms with Crippen molar-refractivity contribution < 1.29 is 4.74 Å². The van der Waals surface area contributed by atoms with Gasteiger partial charge in [-0.05, 0) is 38.1 Å². The molecule has 182 valence electrons. The Balaban J connectivity index is 1.40. The fraction of sp³-hybridized carbons (Fsp3) is 0.308. The van der Waals surface area contributed by atoms with E-state index in [1.807, 2.05) is 42.6 Å². The van der Waals surface area contributed by atoms with Crippen LogP contribution in [0.5, 0.6) is 5.75 Å². The summed E-state index contributed by atoms with van der Waals surface area (Å²) < 4.78 is 5.68. The zero-order valence-electron chi connectivity index (χ0n) is 20.0. The lowest BCUT2D eigenvalue weighted by molar-refractivity contribution is 0.346. The van der Waals surface area contributed by atoms with E-state index in [9.17, 15) is 0 Å². The number of likely N-dealkylation sites (tertiary alicyclic amines) is 1. The molecule has 3 heterocycles. The number of aromatic nitrogens is 3. The topological polar surface area (TPSA) is 95.3 Å². The molecule has 1 aliphatic heterocycles. The Kier molecular flexibility index (Phi) is 6.66. The van der Waals surface area contributed by atoms with Gasteiger partial charge in [0.2, 0.25) is 5.95 Å². The normalized spacial score (nSPS) is 13.9. The lowest BCUT2D eigenvalue weighted by Gasteiger charge is -2.25. The summed E-state index contributed by atoms with van der Waals surface area (Å²) in [6.07, 6.45) is 6.09. The predicted octanol–water partition coefficient (Wildman–Crippen LogP) is 5.14. The van der Waals surface area contributed by atoms with Crippen LogP contribution in [0.4, 0.5) is 23.0 Å². The number of rotatable bonds is 8. The summed E-state index contributed by atoms with van der Waals surface area (Å²) in [6, 6.07) is 11.9. The van der Waals surface area contributed by atoms with Crippen molar-refractivity contribution in [3.63, 3.8) is 0 Å². The molecule has 8 nitrogen and oxygen atoms in total. The molecule has 9 heteroatoms. The maximum atomic E-state index is 6.49. The minimum atomic E-state index is 0.405. The first-order valence-corrected chi connectivity index (χ1v) is 12.2. The Morgan fingerprint density at radius 3 is 2.83 bits per heavy atom. The number of fused-ring (bicyclic) bond motifs is 1. The SMILES string of the molecule is COc1cc(N(C)CCN2CCCC2)c(N)cc1Nc1ncc(Cl)c(-c2c[nH]c3ccccc23)n1. The monoisotopic (exact) mass is 491 g/mol. The van der Waals surface area contributed by atoms with Crippen LogP contribution in [0, 0.1) is 0 Å². The second-order valence-electron chi connectivity index (χ2n) is 8.84. The average molecular weight is 492 g/mol. The van der Waals surface area contributed by atoms with Gasteiger partial charge in [-0.15, -0.1) is 0 Å². The molecular formula is C26H30ClN7O. The largest absolute Gasteiger partial charge is 0.494 e. The highest BCUT2D eigenvalue weighted by molar-refractivity contribution is 6.33. The molecule has 0 aliphatic carbocycles. The molecule has 0 bridgehead atoms. The van der Waals surface area contributed by atoms with E-state index in [1.54, 1.807) is 13.3 Å². The van der Waals surface area contributed by atoms with E-state index < -0.39 is 0 Å². The van der Waals surface area contributed by atoms with Gasteiger partial charge in [0.15, 0.2) is 0 Å². The smallest absolute Gasteiger partial charge is 0.227 e. The number of halogens is 1. The van der Waals surface area contributed by atoms with Gasteiger partial charge in [-0.25, -0.2) is 9.97 Å². The third kappa shape index (κ3) is 4.85. The molecule has 2 aromatic carbocycles. The molecule has 0 radical (unpaired) electrons. The minimum Gasteiger partial charge on any atom is -0.494 e. The Morgan fingerprint density at radius 2 is 2.03 bits per heavy atom. The van der Waals surface area contributed by atoms with Crippen molar-refractivity contribution in [1.82, 2.24) is 19.9 Å². The van der Waals surface area contributed by atoms with Crippen LogP contribution < -0.4 is 20.7 Å². The Morgan fingerprint density at radius 1 is 1.23 bits per heavy atom. The number of methoxy groups -OCH3 is 1. The van der Waals surface area contributed by atoms with Gasteiger partial charge in [0, 0.05) is 48.9 Å². The van der Waals surface area contributed by atoms with Crippen LogP contribution in [0.25, 0.3) is 22.2 Å². The molecule has 35 heavy (non-hydrogen) atoms. The molecule has 0 unspecified atom stereocenters. The van der Waals surface area contributed by atoms with Crippen LogP contribution in [0.2, 0.25) is 5.02 Å². The molecule has 0 spiro atoms. The number of H-pyrrole nitrogens is 1. The molecular weight excluding hydrogens is 462 g/mol. The van der Waals surface area contributed by atoms with Gasteiger partial charge in [-0.1, -0.05) is 29.8 Å². The number of anilines is 4. The zero-order chi connectivity index (χ0) is 24.4. The number of benzene rings is 2. The zero-order valence-corrected chi connectivity index (χ0v) is 20.8. The molecule has 5 rings (SSSR count). The summed E-state index contributed by atoms with van der Waals surface area (Å²) in [5, 5.41) is 4.78. The molecule has 1 saturated heterocycles. The van der Waals surface area contributed by atoms with Crippen molar-refractivity contribution in [2.45, 2.75) is 12.8 Å². The molecule has 0 saturated carbocycles. The number of likely N-dealkylation sites (N-methyl/N-ethyl adjacent to an activating group) is 1. The Labute approximate surface area is 210 Å². The minimum absolute atomic E-state index is 0.405. The van der Waals surface area contributed by atoms with E-state index >= 15 is 0 Å². The maximum Gasteiger partial charge on any atom is 0.227 e. The first-order chi connectivity index (χ1) is 17.0. The third-order valence-electron chi connectivity index (χ3n) is 6.55. The van der Waals surface area contributed by atoms with Crippen molar-refractivity contribution in [2.75, 3.05) is 56.3 Å². The second-order valence-corrected chi connectivity index (χ2v) is 9.25. The highest BCUT2D eigenvalue weighted by Gasteiger charge is 2.17. The average Bonchev–Trinajstić information content (AvgIpc) is 3.54. The van der Waals surface area contributed by atoms with Crippen LogP contribution >= 0.6 is 11.6 Å². The molecule has 0 atom stereocenters. The standard InChI is InChI=1S/C26H30ClN7O/c1-33(11-12-34-9-5-6-10-34)23-14-24(35-2)22(13-20(23)28)31-26-30-16-19(27)25(32-26)18-15-29-21-8-4-3-7-17(18)21/h3-4,7-8,13-16,29H,5-6,9-12,28H2,1-2H3,(H,30,31,32). The van der Waals surface area contributed by atoms with Crippen LogP contribution in [0.3, 0.4) is 0 Å². The van der Waals surface area contributed by atoms with Gasteiger partial charge < -0.3 is 30.6 Å². The molecule has 0 amide bonds. The number of hydrogen-bond acceptors (Lipinski definition) is 7. The van der Waals surface area contributed by atoms with Gasteiger partial charge in [-0.3, -0.25) is 0 Å². The van der Waals surface area contributed by atoms with Gasteiger partial charge >= 0.3 is 0 Å². The second kappa shape index (κ2) is 10.0. The summed E-state index contributed by atoms with van der Waals surface area (Å²) >= 11 is 6.49. The van der Waals surface area contributed by atoms with Gasteiger partial charge in [0.1, 0.15) is 5.75 Å². The summed E-state index contributed by atoms with van der Waals surface area (Å²) in [5.74, 6) is 1.07. The summed E-state index contributed by atoms with van der Waals surface area (Å²) in [6.45, 7) is 4.27. The number of aromatic amines is 1. The predicted molar refractivity (Wildman–Crippen MR) is 144 cm³/mol. The van der Waals surface area contributed by atoms with Crippen molar-refractivity contribution in [1.29, 1.82) is 0 Å². The number of nitrogens with one attached hydrogen (secondary N) is 2. The highest BCUT2D eigenvalue weighted by Crippen LogP contribution is 2.37. The van der Waals surface area contributed by atoms with Crippen molar-refractivity contribution in [2.24, 2.45) is 0 Å². The van der Waals surface area contributed by atoms with Gasteiger partial charge in [-0.2, -0.15) is 0 Å². The van der Waals surface area contributed by atoms with E-state index in [0.717, 1.165) is 35.2 Å². The quantitative estimate of drug-likeness (QED) is 0.293. The summed E-state index contributed by atoms with van der Waals surface area (Å²) in [4.78, 5) is 17.0. The van der Waals surface area contributed by atoms with Crippen LogP contribution in [0.15, 0.2) is 48.8 Å². The number of nitrogens with two attached hydrogens (primary N) is 1. The van der Waals surface area contributed by atoms with E-state index in [4.69, 9.17) is 27.1 Å². The summed E-state index contributed by atoms with van der Waals surface area (Å²) in [7, 11) is 3.70. The summed E-state index contributed by atoms with van der Waals surface area (Å²) in [5.41, 5.74) is 11.3. The van der Waals surface area contributed by atoms with E-state index in [0.29, 0.717) is 33.8 Å². The van der Waals surface area contributed by atoms with Crippen LogP contribution in [-0.2, 0) is 0 Å². The number of para-hydroxylation sites is 1. The molecule has 1 fully saturated rings. The van der Waals surface area contributed by atoms with E-state index in [-0.39, 0.29) is 0 Å². The van der Waals surface area contributed by atoms with Gasteiger partial charge in [0.25, 0.3) is 0 Å². The first-order valence-electron chi connectivity index (χ1n) is 11.8. The van der Waals surface area contributed by atoms with E-state index in [1.165, 1.54) is 25.9 Å². The van der Waals surface area contributed by atoms with Crippen molar-refractivity contribution in [3.05, 3.63) is 53.8 Å². The molecule has 4 N–H and O–H groups in total. The fourth-order valence-corrected chi connectivity index (χ4v) is 4.80. The van der Waals surface area contributed by atoms with Crippen molar-refractivity contribution >= 4 is 45.5 Å². The fourth-order valence-electron chi connectivity index (χ4n) is 4.61. The lowest BCUT2D eigenvalue weighted by Crippen LogP contribution is -2.31. The molecule has 1 aliphatic rings. The number of nitrogens with zero attached hydrogens (tertiary/aromatic N) is 4. The number of hydrogen-bond donors (Lipinski definition) is 3. The maximum absolute atomic E-state index is 6.49. The molecule has 4 aromatic rings. The van der Waals surface area contributed by atoms with Crippen molar-refractivity contribution in [3.8, 4) is 17.0 Å². The Hall–Kier alpha value is -3.49. The van der Waals surface area contributed by atoms with Crippen LogP contribution in [-0.4, -0.2) is 60.2 Å². The first kappa shape index (κ1) is 23.3. The number of ether oxygens (including phenoxy) is 1. The highest BCUT2D eigenvalue weighted by atomic mass is 35.5. The number of nitrogen functional groups attached to an aromatic ring is 1. The van der Waals surface area contributed by atoms with E-state index in [2.05, 4.69) is 32.1 Å². The third-order valence-corrected chi connectivity index (χ3v) is 6.82. The Bertz CT molecular complexity index is 1330. The lowest BCUT2D eigenvalue weighted by atomic mass is 10.1.